The van der Waals surface area contributed by atoms with E-state index in [1.807, 2.05) is 0 Å². The molecule has 1 aliphatic carbocycles. The first kappa shape index (κ1) is 20.6. The Bertz CT molecular complexity index is 629. The minimum absolute atomic E-state index is 0.166. The lowest BCUT2D eigenvalue weighted by Gasteiger charge is -2.40. The molecule has 2 rings (SSSR count). The second-order valence-corrected chi connectivity index (χ2v) is 14.9. The molecule has 0 saturated heterocycles. The average Bonchev–Trinajstić information content (AvgIpc) is 2.89. The number of hydrogen-bond donors (Lipinski definition) is 1. The average molecular weight is 375 g/mol. The summed E-state index contributed by atoms with van der Waals surface area (Å²) >= 11 is 0. The van der Waals surface area contributed by atoms with Crippen LogP contribution in [-0.4, -0.2) is 35.7 Å². The summed E-state index contributed by atoms with van der Waals surface area (Å²) in [5.41, 5.74) is 3.96. The number of aliphatic hydroxyl groups excluding tert-OH is 1. The molecule has 138 valence electrons. The standard InChI is InChI=1S/C21H34O2Si2/c1-15-9-8-10-20(16(15)2)24-14-18-17(13-22)11-12-19(18)23-25(6,7)21(3,4)5/h8-11,18-19,22H,12-14H2,1-7H3. The molecule has 0 amide bonds. The largest absolute Gasteiger partial charge is 0.413 e. The molecule has 0 saturated carbocycles. The molecule has 0 aromatic heterocycles. The summed E-state index contributed by atoms with van der Waals surface area (Å²) in [6.07, 6.45) is 3.40. The number of hydrogen-bond acceptors (Lipinski definition) is 2. The smallest absolute Gasteiger partial charge is 0.192 e. The number of benzene rings is 1. The molecule has 2 nitrogen and oxygen atoms in total. The highest BCUT2D eigenvalue weighted by Crippen LogP contribution is 2.41. The molecular formula is C21H34O2Si2. The molecule has 2 radical (unpaired) electrons. The Balaban J connectivity index is 2.11. The van der Waals surface area contributed by atoms with Gasteiger partial charge >= 0.3 is 0 Å². The summed E-state index contributed by atoms with van der Waals surface area (Å²) in [6.45, 7) is 16.1. The Labute approximate surface area is 157 Å². The molecule has 0 spiro atoms. The third kappa shape index (κ3) is 4.73. The third-order valence-corrected chi connectivity index (χ3v) is 12.2. The van der Waals surface area contributed by atoms with Gasteiger partial charge < -0.3 is 9.53 Å². The van der Waals surface area contributed by atoms with Gasteiger partial charge in [0.25, 0.3) is 0 Å². The van der Waals surface area contributed by atoms with Crippen molar-refractivity contribution in [2.45, 2.75) is 71.3 Å². The molecule has 0 bridgehead atoms. The monoisotopic (exact) mass is 374 g/mol. The maximum absolute atomic E-state index is 9.80. The summed E-state index contributed by atoms with van der Waals surface area (Å²) < 4.78 is 6.73. The van der Waals surface area contributed by atoms with E-state index in [2.05, 4.69) is 72.0 Å². The summed E-state index contributed by atoms with van der Waals surface area (Å²) in [5, 5.41) is 11.5. The van der Waals surface area contributed by atoms with E-state index in [1.165, 1.54) is 21.9 Å². The van der Waals surface area contributed by atoms with Crippen molar-refractivity contribution in [3.8, 4) is 0 Å². The van der Waals surface area contributed by atoms with Crippen molar-refractivity contribution >= 4 is 23.0 Å². The van der Waals surface area contributed by atoms with E-state index in [9.17, 15) is 5.11 Å². The molecule has 0 heterocycles. The van der Waals surface area contributed by atoms with Crippen LogP contribution in [0.1, 0.15) is 38.3 Å². The minimum atomic E-state index is -1.79. The van der Waals surface area contributed by atoms with Crippen LogP contribution in [0.5, 0.6) is 0 Å². The van der Waals surface area contributed by atoms with E-state index in [1.54, 1.807) is 0 Å². The van der Waals surface area contributed by atoms with Crippen molar-refractivity contribution in [1.29, 1.82) is 0 Å². The van der Waals surface area contributed by atoms with Crippen LogP contribution in [0, 0.1) is 19.8 Å². The lowest BCUT2D eigenvalue weighted by Crippen LogP contribution is -2.45. The SMILES string of the molecule is Cc1cccc([Si]CC2C(CO)=CCC2O[Si](C)(C)C(C)(C)C)c1C. The van der Waals surface area contributed by atoms with Crippen LogP contribution in [0.3, 0.4) is 0 Å². The van der Waals surface area contributed by atoms with Gasteiger partial charge in [0.1, 0.15) is 0 Å². The van der Waals surface area contributed by atoms with Crippen LogP contribution in [0.4, 0.5) is 0 Å². The van der Waals surface area contributed by atoms with Crippen molar-refractivity contribution in [2.24, 2.45) is 5.92 Å². The van der Waals surface area contributed by atoms with E-state index in [-0.39, 0.29) is 17.7 Å². The van der Waals surface area contributed by atoms with Gasteiger partial charge in [-0.05, 0) is 61.1 Å². The van der Waals surface area contributed by atoms with Crippen molar-refractivity contribution in [3.63, 3.8) is 0 Å². The molecule has 1 aromatic carbocycles. The minimum Gasteiger partial charge on any atom is -0.413 e. The molecule has 0 fully saturated rings. The van der Waals surface area contributed by atoms with Crippen LogP contribution in [-0.2, 0) is 4.43 Å². The Morgan fingerprint density at radius 3 is 2.52 bits per heavy atom. The Kier molecular flexibility index (Phi) is 6.52. The van der Waals surface area contributed by atoms with Gasteiger partial charge in [-0.3, -0.25) is 0 Å². The van der Waals surface area contributed by atoms with Gasteiger partial charge in [0.15, 0.2) is 8.32 Å². The lowest BCUT2D eigenvalue weighted by molar-refractivity contribution is 0.149. The van der Waals surface area contributed by atoms with E-state index in [0.717, 1.165) is 22.0 Å². The molecule has 25 heavy (non-hydrogen) atoms. The zero-order chi connectivity index (χ0) is 18.8. The highest BCUT2D eigenvalue weighted by molar-refractivity contribution is 6.74. The summed E-state index contributed by atoms with van der Waals surface area (Å²) in [6, 6.07) is 7.67. The summed E-state index contributed by atoms with van der Waals surface area (Å²) in [7, 11) is -1.03. The fraction of sp³-hybridized carbons (Fsp3) is 0.619. The van der Waals surface area contributed by atoms with Crippen LogP contribution < -0.4 is 5.19 Å². The zero-order valence-electron chi connectivity index (χ0n) is 16.9. The second kappa shape index (κ2) is 7.91. The molecule has 1 aromatic rings. The van der Waals surface area contributed by atoms with Gasteiger partial charge in [0.2, 0.25) is 0 Å². The number of rotatable bonds is 6. The maximum Gasteiger partial charge on any atom is 0.192 e. The van der Waals surface area contributed by atoms with Gasteiger partial charge in [-0.1, -0.05) is 50.2 Å². The first-order valence-electron chi connectivity index (χ1n) is 9.34. The van der Waals surface area contributed by atoms with Crippen molar-refractivity contribution in [1.82, 2.24) is 0 Å². The molecule has 2 unspecified atom stereocenters. The molecular weight excluding hydrogens is 340 g/mol. The number of aryl methyl sites for hydroxylation is 1. The van der Waals surface area contributed by atoms with E-state index >= 15 is 0 Å². The Morgan fingerprint density at radius 2 is 1.92 bits per heavy atom. The normalized spacial score (nSPS) is 21.5. The van der Waals surface area contributed by atoms with E-state index in [0.29, 0.717) is 5.92 Å². The van der Waals surface area contributed by atoms with Crippen molar-refractivity contribution in [2.75, 3.05) is 6.61 Å². The first-order chi connectivity index (χ1) is 11.6. The fourth-order valence-corrected chi connectivity index (χ4v) is 6.13. The van der Waals surface area contributed by atoms with Crippen LogP contribution >= 0.6 is 0 Å². The number of aliphatic hydroxyl groups is 1. The van der Waals surface area contributed by atoms with Crippen LogP contribution in [0.15, 0.2) is 29.8 Å². The van der Waals surface area contributed by atoms with Gasteiger partial charge in [0.05, 0.1) is 22.2 Å². The highest BCUT2D eigenvalue weighted by Gasteiger charge is 2.42. The summed E-state index contributed by atoms with van der Waals surface area (Å²) in [4.78, 5) is 0. The Hall–Kier alpha value is -0.686. The third-order valence-electron chi connectivity index (χ3n) is 6.09. The lowest BCUT2D eigenvalue weighted by atomic mass is 10.0. The molecule has 2 atom stereocenters. The van der Waals surface area contributed by atoms with Gasteiger partial charge in [-0.15, -0.1) is 0 Å². The van der Waals surface area contributed by atoms with Gasteiger partial charge in [0, 0.05) is 5.92 Å². The topological polar surface area (TPSA) is 29.5 Å². The predicted octanol–water partition coefficient (Wildman–Crippen LogP) is 4.38. The summed E-state index contributed by atoms with van der Waals surface area (Å²) in [5.74, 6) is 0.359. The first-order valence-corrected chi connectivity index (χ1v) is 13.5. The quantitative estimate of drug-likeness (QED) is 0.591. The van der Waals surface area contributed by atoms with Gasteiger partial charge in [-0.25, -0.2) is 0 Å². The molecule has 1 aliphatic rings. The Morgan fingerprint density at radius 1 is 1.24 bits per heavy atom. The van der Waals surface area contributed by atoms with Gasteiger partial charge in [-0.2, -0.15) is 0 Å². The fourth-order valence-electron chi connectivity index (χ4n) is 3.11. The van der Waals surface area contributed by atoms with Crippen LogP contribution in [0.25, 0.3) is 0 Å². The molecule has 1 N–H and O–H groups in total. The second-order valence-electron chi connectivity index (χ2n) is 8.82. The van der Waals surface area contributed by atoms with Crippen molar-refractivity contribution < 1.29 is 9.53 Å². The van der Waals surface area contributed by atoms with E-state index < -0.39 is 8.32 Å². The predicted molar refractivity (Wildman–Crippen MR) is 111 cm³/mol. The van der Waals surface area contributed by atoms with Crippen molar-refractivity contribution in [3.05, 3.63) is 41.0 Å². The zero-order valence-corrected chi connectivity index (χ0v) is 18.9. The highest BCUT2D eigenvalue weighted by atomic mass is 28.4. The maximum atomic E-state index is 9.80. The molecule has 4 heteroatoms. The van der Waals surface area contributed by atoms with E-state index in [4.69, 9.17) is 4.43 Å². The molecule has 0 aliphatic heterocycles. The van der Waals surface area contributed by atoms with Crippen LogP contribution in [0.2, 0.25) is 24.2 Å².